The zero-order valence-electron chi connectivity index (χ0n) is 14.0. The second kappa shape index (κ2) is 4.97. The summed E-state index contributed by atoms with van der Waals surface area (Å²) in [5.74, 6) is 0. The van der Waals surface area contributed by atoms with E-state index in [9.17, 15) is 0 Å². The summed E-state index contributed by atoms with van der Waals surface area (Å²) in [4.78, 5) is 0. The van der Waals surface area contributed by atoms with Crippen LogP contribution in [0.1, 0.15) is 0 Å². The second-order valence-corrected chi connectivity index (χ2v) is 36.8. The summed E-state index contributed by atoms with van der Waals surface area (Å²) in [5.41, 5.74) is 0. The molecule has 0 aliphatic rings. The monoisotopic (exact) mass is 316 g/mol. The molecule has 0 bridgehead atoms. The summed E-state index contributed by atoms with van der Waals surface area (Å²) in [6.07, 6.45) is 0. The van der Waals surface area contributed by atoms with Crippen LogP contribution in [0.4, 0.5) is 0 Å². The van der Waals surface area contributed by atoms with Gasteiger partial charge in [-0.25, -0.2) is 0 Å². The molecule has 0 N–H and O–H groups in total. The van der Waals surface area contributed by atoms with Crippen LogP contribution in [0.25, 0.3) is 10.8 Å². The van der Waals surface area contributed by atoms with Crippen molar-refractivity contribution in [3.05, 3.63) is 42.5 Å². The van der Waals surface area contributed by atoms with Gasteiger partial charge in [0.25, 0.3) is 0 Å². The average molecular weight is 317 g/mol. The summed E-state index contributed by atoms with van der Waals surface area (Å²) in [6, 6.07) is 15.9. The van der Waals surface area contributed by atoms with Crippen LogP contribution in [0, 0.1) is 0 Å². The minimum absolute atomic E-state index is 1.09. The Kier molecular flexibility index (Phi) is 3.91. The highest BCUT2D eigenvalue weighted by Gasteiger charge is 2.50. The average Bonchev–Trinajstić information content (AvgIpc) is 2.36. The van der Waals surface area contributed by atoms with Gasteiger partial charge in [0.05, 0.1) is 7.59 Å². The highest BCUT2D eigenvalue weighted by molar-refractivity contribution is 7.70. The molecule has 2 aromatic rings. The van der Waals surface area contributed by atoms with Crippen molar-refractivity contribution in [2.75, 3.05) is 0 Å². The number of hydrogen-bond acceptors (Lipinski definition) is 0. The number of rotatable bonds is 3. The first-order valence-corrected chi connectivity index (χ1v) is 19.1. The van der Waals surface area contributed by atoms with Crippen LogP contribution in [0.15, 0.2) is 42.5 Å². The first-order valence-electron chi connectivity index (χ1n) is 7.57. The Bertz CT molecular complexity index is 616. The van der Waals surface area contributed by atoms with Crippen LogP contribution in [0.3, 0.4) is 0 Å². The normalized spacial score (nSPS) is 13.8. The van der Waals surface area contributed by atoms with E-state index in [0.29, 0.717) is 0 Å². The molecule has 0 atom stereocenters. The van der Waals surface area contributed by atoms with Crippen LogP contribution in [-0.4, -0.2) is 22.3 Å². The van der Waals surface area contributed by atoms with Crippen molar-refractivity contribution < 1.29 is 0 Å². The smallest absolute Gasteiger partial charge is 0.0721 e. The van der Waals surface area contributed by atoms with Crippen LogP contribution < -0.4 is 5.19 Å². The SMILES string of the molecule is C[Si](C)(C)[Si](C)(C)[Si](C)(C)c1cccc2ccccc12. The first-order chi connectivity index (χ1) is 9.09. The van der Waals surface area contributed by atoms with E-state index in [1.807, 2.05) is 0 Å². The van der Waals surface area contributed by atoms with Crippen molar-refractivity contribution in [3.8, 4) is 0 Å². The molecule has 0 unspecified atom stereocenters. The van der Waals surface area contributed by atoms with Gasteiger partial charge in [0.2, 0.25) is 0 Å². The molecule has 0 spiro atoms. The Morgan fingerprint density at radius 1 is 0.650 bits per heavy atom. The Morgan fingerprint density at radius 2 is 1.20 bits per heavy atom. The van der Waals surface area contributed by atoms with E-state index >= 15 is 0 Å². The van der Waals surface area contributed by atoms with Gasteiger partial charge in [-0.3, -0.25) is 0 Å². The molecule has 0 aromatic heterocycles. The third-order valence-electron chi connectivity index (χ3n) is 5.90. The highest BCUT2D eigenvalue weighted by Crippen LogP contribution is 2.30. The number of hydrogen-bond donors (Lipinski definition) is 0. The lowest BCUT2D eigenvalue weighted by Gasteiger charge is -2.47. The lowest BCUT2D eigenvalue weighted by atomic mass is 10.1. The maximum absolute atomic E-state index is 2.66. The molecule has 0 aliphatic heterocycles. The van der Waals surface area contributed by atoms with E-state index < -0.39 is 22.3 Å². The Balaban J connectivity index is 2.69. The zero-order valence-corrected chi connectivity index (χ0v) is 17.0. The maximum atomic E-state index is 2.66. The molecule has 0 radical (unpaired) electrons. The van der Waals surface area contributed by atoms with E-state index in [1.165, 1.54) is 10.8 Å². The maximum Gasteiger partial charge on any atom is 0.0721 e. The summed E-state index contributed by atoms with van der Waals surface area (Å²) < 4.78 is 0. The van der Waals surface area contributed by atoms with E-state index in [-0.39, 0.29) is 0 Å². The predicted octanol–water partition coefficient (Wildman–Crippen LogP) is 4.96. The topological polar surface area (TPSA) is 0 Å². The van der Waals surface area contributed by atoms with Gasteiger partial charge in [-0.1, -0.05) is 93.5 Å². The molecule has 0 fully saturated rings. The van der Waals surface area contributed by atoms with Gasteiger partial charge in [-0.15, -0.1) is 0 Å². The van der Waals surface area contributed by atoms with Gasteiger partial charge in [0.15, 0.2) is 0 Å². The fourth-order valence-electron chi connectivity index (χ4n) is 3.04. The largest absolute Gasteiger partial charge is 0.0728 e. The molecule has 0 saturated heterocycles. The first kappa shape index (κ1) is 15.7. The Labute approximate surface area is 126 Å². The molecule has 0 aliphatic carbocycles. The van der Waals surface area contributed by atoms with Crippen LogP contribution in [-0.2, 0) is 0 Å². The fraction of sp³-hybridized carbons (Fsp3) is 0.412. The van der Waals surface area contributed by atoms with Crippen molar-refractivity contribution in [3.63, 3.8) is 0 Å². The van der Waals surface area contributed by atoms with E-state index in [4.69, 9.17) is 0 Å². The zero-order chi connectivity index (χ0) is 15.2. The third-order valence-corrected chi connectivity index (χ3v) is 48.4. The van der Waals surface area contributed by atoms with E-state index in [1.54, 1.807) is 5.19 Å². The number of fused-ring (bicyclic) bond motifs is 1. The summed E-state index contributed by atoms with van der Waals surface area (Å²) in [7, 11) is -3.71. The van der Waals surface area contributed by atoms with Gasteiger partial charge in [0.1, 0.15) is 0 Å². The van der Waals surface area contributed by atoms with Crippen LogP contribution in [0.2, 0.25) is 45.8 Å². The standard InChI is InChI=1S/C17H28Si3/c1-18(2,3)20(6,7)19(4,5)17-14-10-12-15-11-8-9-13-16(15)17/h8-14H,1-7H3. The van der Waals surface area contributed by atoms with Gasteiger partial charge in [0, 0.05) is 14.7 Å². The quantitative estimate of drug-likeness (QED) is 0.702. The van der Waals surface area contributed by atoms with E-state index in [2.05, 4.69) is 88.3 Å². The number of benzene rings is 2. The van der Waals surface area contributed by atoms with Gasteiger partial charge in [-0.2, -0.15) is 0 Å². The minimum atomic E-state index is -1.41. The third kappa shape index (κ3) is 2.36. The molecule has 0 amide bonds. The lowest BCUT2D eigenvalue weighted by Crippen LogP contribution is -2.73. The molecular weight excluding hydrogens is 288 g/mol. The Morgan fingerprint density at radius 3 is 1.80 bits per heavy atom. The molecule has 2 aromatic carbocycles. The van der Waals surface area contributed by atoms with Crippen molar-refractivity contribution in [1.82, 2.24) is 0 Å². The van der Waals surface area contributed by atoms with Crippen LogP contribution in [0.5, 0.6) is 0 Å². The molecule has 0 heterocycles. The van der Waals surface area contributed by atoms with Crippen molar-refractivity contribution in [2.45, 2.75) is 45.8 Å². The van der Waals surface area contributed by atoms with Gasteiger partial charge >= 0.3 is 0 Å². The molecule has 2 rings (SSSR count). The van der Waals surface area contributed by atoms with Crippen molar-refractivity contribution in [2.24, 2.45) is 0 Å². The molecule has 0 saturated carbocycles. The molecule has 0 nitrogen and oxygen atoms in total. The fourth-order valence-corrected chi connectivity index (χ4v) is 33.4. The Hall–Kier alpha value is -0.649. The lowest BCUT2D eigenvalue weighted by molar-refractivity contribution is 1.71. The van der Waals surface area contributed by atoms with Crippen molar-refractivity contribution in [1.29, 1.82) is 0 Å². The predicted molar refractivity (Wildman–Crippen MR) is 102 cm³/mol. The van der Waals surface area contributed by atoms with Crippen molar-refractivity contribution >= 4 is 38.3 Å². The second-order valence-electron chi connectivity index (χ2n) is 8.03. The minimum Gasteiger partial charge on any atom is -0.0728 e. The van der Waals surface area contributed by atoms with Gasteiger partial charge < -0.3 is 0 Å². The van der Waals surface area contributed by atoms with Gasteiger partial charge in [-0.05, 0) is 10.8 Å². The molecule has 20 heavy (non-hydrogen) atoms. The van der Waals surface area contributed by atoms with E-state index in [0.717, 1.165) is 0 Å². The summed E-state index contributed by atoms with van der Waals surface area (Å²) in [6.45, 7) is 18.3. The summed E-state index contributed by atoms with van der Waals surface area (Å²) >= 11 is 0. The van der Waals surface area contributed by atoms with Crippen LogP contribution >= 0.6 is 0 Å². The highest BCUT2D eigenvalue weighted by atomic mass is 29.6. The molecule has 108 valence electrons. The molecular formula is C17H28Si3. The molecule has 3 heteroatoms. The summed E-state index contributed by atoms with van der Waals surface area (Å²) in [5, 5.41) is 4.60.